The molecule has 2 atom stereocenters. The molecule has 0 heterocycles. The number of carbonyl (C=O) groups excluding carboxylic acids is 4. The second-order valence-corrected chi connectivity index (χ2v) is 12.8. The van der Waals surface area contributed by atoms with Gasteiger partial charge in [0, 0.05) is 24.3 Å². The van der Waals surface area contributed by atoms with E-state index in [0.717, 1.165) is 34.0 Å². The third-order valence-corrected chi connectivity index (χ3v) is 8.20. The van der Waals surface area contributed by atoms with Crippen LogP contribution in [0.5, 0.6) is 5.75 Å². The van der Waals surface area contributed by atoms with Gasteiger partial charge in [-0.25, -0.2) is 19.2 Å². The Bertz CT molecular complexity index is 1920. The first-order valence-electron chi connectivity index (χ1n) is 17.4. The summed E-state index contributed by atoms with van der Waals surface area (Å²) in [6.45, 7) is -0.771. The number of aromatic hydroxyl groups is 1. The highest BCUT2D eigenvalue weighted by atomic mass is 32.2. The first-order chi connectivity index (χ1) is 27.3. The SMILES string of the molecule is O=C(/C=C/c1ccccc1)OCC(OC(=O)/C=C/c1ccccc1)SC(COC(=O)/C=C/c1ccccc1)OC(=O)/C=C/c1ccccc1.Oc1ccccc1. The van der Waals surface area contributed by atoms with Crippen LogP contribution in [0.15, 0.2) is 176 Å². The Kier molecular flexibility index (Phi) is 18.2. The monoisotopic (exact) mass is 768 g/mol. The van der Waals surface area contributed by atoms with Crippen molar-refractivity contribution < 1.29 is 43.2 Å². The molecular formula is C46H40O9S. The molecule has 2 unspecified atom stereocenters. The van der Waals surface area contributed by atoms with Crippen LogP contribution in [-0.2, 0) is 38.1 Å². The molecule has 0 saturated carbocycles. The van der Waals surface area contributed by atoms with Crippen LogP contribution >= 0.6 is 11.8 Å². The van der Waals surface area contributed by atoms with Gasteiger partial charge in [0.1, 0.15) is 19.0 Å². The molecule has 0 aromatic heterocycles. The maximum atomic E-state index is 12.8. The van der Waals surface area contributed by atoms with E-state index in [4.69, 9.17) is 24.1 Å². The summed E-state index contributed by atoms with van der Waals surface area (Å²) >= 11 is 0.846. The van der Waals surface area contributed by atoms with Crippen molar-refractivity contribution in [1.82, 2.24) is 0 Å². The van der Waals surface area contributed by atoms with Crippen molar-refractivity contribution in [3.8, 4) is 5.75 Å². The standard InChI is InChI=1S/C40H34O8S.C6H6O/c41-35(25-21-31-13-5-1-6-14-31)45-29-39(47-37(43)27-23-33-17-9-3-10-18-33)49-40(48-38(44)28-24-34-19-11-4-12-20-34)30-46-36(42)26-22-32-15-7-2-8-16-32;7-6-4-2-1-3-5-6/h1-28,39-40H,29-30H2;1-5,7H/b25-21+,26-22+,27-23+,28-24+;. The molecule has 5 aromatic rings. The Morgan fingerprint density at radius 1 is 0.429 bits per heavy atom. The number of benzene rings is 5. The Balaban J connectivity index is 0.000000893. The molecule has 0 aliphatic carbocycles. The summed E-state index contributed by atoms with van der Waals surface area (Å²) in [5, 5.41) is 8.63. The van der Waals surface area contributed by atoms with E-state index in [2.05, 4.69) is 0 Å². The summed E-state index contributed by atoms with van der Waals surface area (Å²) in [7, 11) is 0. The van der Waals surface area contributed by atoms with Crippen molar-refractivity contribution in [2.24, 2.45) is 0 Å². The van der Waals surface area contributed by atoms with E-state index in [1.807, 2.05) is 127 Å². The maximum absolute atomic E-state index is 12.8. The van der Waals surface area contributed by atoms with Gasteiger partial charge < -0.3 is 24.1 Å². The third-order valence-electron chi connectivity index (χ3n) is 7.12. The van der Waals surface area contributed by atoms with Gasteiger partial charge in [0.25, 0.3) is 0 Å². The molecule has 0 aliphatic rings. The van der Waals surface area contributed by atoms with Crippen LogP contribution in [0.2, 0.25) is 0 Å². The van der Waals surface area contributed by atoms with Gasteiger partial charge in [0.2, 0.25) is 0 Å². The normalized spacial score (nSPS) is 12.1. The van der Waals surface area contributed by atoms with Crippen LogP contribution in [0.25, 0.3) is 24.3 Å². The first kappa shape index (κ1) is 41.8. The average Bonchev–Trinajstić information content (AvgIpc) is 3.23. The molecule has 0 spiro atoms. The van der Waals surface area contributed by atoms with Crippen LogP contribution in [0.1, 0.15) is 22.3 Å². The van der Waals surface area contributed by atoms with Gasteiger partial charge in [-0.15, -0.1) is 0 Å². The Morgan fingerprint density at radius 2 is 0.696 bits per heavy atom. The van der Waals surface area contributed by atoms with Gasteiger partial charge in [-0.05, 0) is 58.7 Å². The minimum absolute atomic E-state index is 0.322. The minimum Gasteiger partial charge on any atom is -0.508 e. The molecule has 0 saturated heterocycles. The number of rotatable bonds is 16. The fourth-order valence-corrected chi connectivity index (χ4v) is 5.38. The number of phenolic OH excluding ortho intramolecular Hbond substituents is 1. The second-order valence-electron chi connectivity index (χ2n) is 11.4. The molecule has 5 rings (SSSR count). The van der Waals surface area contributed by atoms with E-state index in [1.165, 1.54) is 24.3 Å². The van der Waals surface area contributed by atoms with Gasteiger partial charge in [0.15, 0.2) is 10.9 Å². The number of para-hydroxylation sites is 1. The minimum atomic E-state index is -1.14. The van der Waals surface area contributed by atoms with Crippen LogP contribution in [0, 0.1) is 0 Å². The topological polar surface area (TPSA) is 125 Å². The van der Waals surface area contributed by atoms with Crippen molar-refractivity contribution in [3.63, 3.8) is 0 Å². The van der Waals surface area contributed by atoms with E-state index in [1.54, 1.807) is 48.6 Å². The smallest absolute Gasteiger partial charge is 0.332 e. The molecule has 9 nitrogen and oxygen atoms in total. The zero-order valence-corrected chi connectivity index (χ0v) is 31.1. The molecule has 10 heteroatoms. The molecule has 0 fully saturated rings. The highest BCUT2D eigenvalue weighted by Crippen LogP contribution is 2.23. The van der Waals surface area contributed by atoms with Crippen molar-refractivity contribution in [1.29, 1.82) is 0 Å². The summed E-state index contributed by atoms with van der Waals surface area (Å²) in [6.07, 6.45) is 11.3. The van der Waals surface area contributed by atoms with E-state index in [9.17, 15) is 19.2 Å². The third kappa shape index (κ3) is 17.7. The maximum Gasteiger partial charge on any atom is 0.332 e. The number of esters is 4. The summed E-state index contributed by atoms with van der Waals surface area (Å²) in [4.78, 5) is 50.8. The van der Waals surface area contributed by atoms with Crippen LogP contribution < -0.4 is 0 Å². The lowest BCUT2D eigenvalue weighted by molar-refractivity contribution is -0.149. The summed E-state index contributed by atoms with van der Waals surface area (Å²) in [5.74, 6) is -2.49. The molecule has 284 valence electrons. The first-order valence-corrected chi connectivity index (χ1v) is 18.3. The highest BCUT2D eigenvalue weighted by Gasteiger charge is 2.25. The Labute approximate surface area is 330 Å². The lowest BCUT2D eigenvalue weighted by atomic mass is 10.2. The Hall–Kier alpha value is -6.91. The van der Waals surface area contributed by atoms with E-state index < -0.39 is 34.7 Å². The molecular weight excluding hydrogens is 729 g/mol. The van der Waals surface area contributed by atoms with Gasteiger partial charge in [-0.3, -0.25) is 0 Å². The van der Waals surface area contributed by atoms with E-state index in [0.29, 0.717) is 5.75 Å². The summed E-state index contributed by atoms with van der Waals surface area (Å²) in [5.41, 5.74) is 0.846. The fraction of sp³-hybridized carbons (Fsp3) is 0.0870. The molecule has 0 amide bonds. The van der Waals surface area contributed by atoms with Crippen molar-refractivity contribution >= 4 is 59.9 Å². The van der Waals surface area contributed by atoms with Gasteiger partial charge in [-0.2, -0.15) is 0 Å². The number of phenols is 1. The molecule has 0 radical (unpaired) electrons. The van der Waals surface area contributed by atoms with Gasteiger partial charge in [0.05, 0.1) is 0 Å². The highest BCUT2D eigenvalue weighted by molar-refractivity contribution is 8.00. The predicted octanol–water partition coefficient (Wildman–Crippen LogP) is 8.79. The van der Waals surface area contributed by atoms with Crippen molar-refractivity contribution in [2.45, 2.75) is 10.9 Å². The molecule has 1 N–H and O–H groups in total. The fourth-order valence-electron chi connectivity index (χ4n) is 4.45. The lowest BCUT2D eigenvalue weighted by Gasteiger charge is -2.22. The van der Waals surface area contributed by atoms with E-state index >= 15 is 0 Å². The van der Waals surface area contributed by atoms with Gasteiger partial charge >= 0.3 is 23.9 Å². The number of ether oxygens (including phenoxy) is 4. The van der Waals surface area contributed by atoms with Crippen molar-refractivity contribution in [3.05, 3.63) is 198 Å². The van der Waals surface area contributed by atoms with Crippen molar-refractivity contribution in [2.75, 3.05) is 13.2 Å². The van der Waals surface area contributed by atoms with Crippen LogP contribution in [0.3, 0.4) is 0 Å². The van der Waals surface area contributed by atoms with Gasteiger partial charge in [-0.1, -0.05) is 151 Å². The zero-order valence-electron chi connectivity index (χ0n) is 30.2. The largest absolute Gasteiger partial charge is 0.508 e. The molecule has 5 aromatic carbocycles. The van der Waals surface area contributed by atoms with E-state index in [-0.39, 0.29) is 13.2 Å². The zero-order chi connectivity index (χ0) is 39.6. The van der Waals surface area contributed by atoms with Crippen LogP contribution in [-0.4, -0.2) is 53.1 Å². The quantitative estimate of drug-likeness (QED) is 0.0451. The van der Waals surface area contributed by atoms with Crippen LogP contribution in [0.4, 0.5) is 0 Å². The second kappa shape index (κ2) is 24.4. The summed E-state index contributed by atoms with van der Waals surface area (Å²) < 4.78 is 22.0. The average molecular weight is 769 g/mol. The molecule has 0 aliphatic heterocycles. The number of hydrogen-bond acceptors (Lipinski definition) is 10. The lowest BCUT2D eigenvalue weighted by Crippen LogP contribution is -2.29. The number of thioether (sulfide) groups is 1. The number of carbonyl (C=O) groups is 4. The number of hydrogen-bond donors (Lipinski definition) is 1. The molecule has 0 bridgehead atoms. The predicted molar refractivity (Wildman–Crippen MR) is 219 cm³/mol. The summed E-state index contributed by atoms with van der Waals surface area (Å²) in [6, 6.07) is 45.3. The Morgan fingerprint density at radius 3 is 0.964 bits per heavy atom. The molecule has 56 heavy (non-hydrogen) atoms.